The Morgan fingerprint density at radius 3 is 2.44 bits per heavy atom. The zero-order valence-electron chi connectivity index (χ0n) is 22.9. The Kier molecular flexibility index (Phi) is 7.01. The number of hydrogen-bond acceptors (Lipinski definition) is 11. The fourth-order valence-electron chi connectivity index (χ4n) is 6.02. The lowest BCUT2D eigenvalue weighted by atomic mass is 9.91. The summed E-state index contributed by atoms with van der Waals surface area (Å²) in [7, 11) is 0. The lowest BCUT2D eigenvalue weighted by Crippen LogP contribution is -2.43. The standard InChI is InChI=1S/C29H35N9O3/c30-28-27-25(15-24(34-35-27)23-3-1-2-4-26(23)39)38(36-28)18-7-11-37(12-8-18)29-32-16-22(17-33-29)41-21-13-20(14-21)40-19-5-9-31-10-6-19/h1-4,15-21,31,39H,5-14H2,(H2,30,36). The normalized spacial score (nSPS) is 22.1. The Bertz CT molecular complexity index is 1490. The van der Waals surface area contributed by atoms with E-state index in [9.17, 15) is 5.11 Å². The largest absolute Gasteiger partial charge is 0.507 e. The van der Waals surface area contributed by atoms with Crippen molar-refractivity contribution in [3.05, 3.63) is 42.7 Å². The number of nitrogen functional groups attached to an aromatic ring is 1. The van der Waals surface area contributed by atoms with Crippen LogP contribution in [0.2, 0.25) is 0 Å². The second-order valence-corrected chi connectivity index (χ2v) is 11.2. The molecule has 0 spiro atoms. The predicted octanol–water partition coefficient (Wildman–Crippen LogP) is 3.09. The smallest absolute Gasteiger partial charge is 0.225 e. The van der Waals surface area contributed by atoms with E-state index in [1.165, 1.54) is 0 Å². The predicted molar refractivity (Wildman–Crippen MR) is 154 cm³/mol. The molecule has 7 rings (SSSR count). The van der Waals surface area contributed by atoms with Crippen molar-refractivity contribution in [3.63, 3.8) is 0 Å². The minimum Gasteiger partial charge on any atom is -0.507 e. The number of fused-ring (bicyclic) bond motifs is 1. The van der Waals surface area contributed by atoms with Crippen LogP contribution in [0.4, 0.5) is 11.8 Å². The van der Waals surface area contributed by atoms with Crippen LogP contribution in [-0.4, -0.2) is 79.5 Å². The number of piperidine rings is 2. The second kappa shape index (κ2) is 11.1. The van der Waals surface area contributed by atoms with Crippen molar-refractivity contribution in [1.82, 2.24) is 35.3 Å². The molecule has 1 saturated carbocycles. The van der Waals surface area contributed by atoms with E-state index in [4.69, 9.17) is 15.2 Å². The maximum atomic E-state index is 10.3. The van der Waals surface area contributed by atoms with E-state index in [0.717, 1.165) is 70.2 Å². The van der Waals surface area contributed by atoms with Gasteiger partial charge in [0.25, 0.3) is 0 Å². The molecule has 0 unspecified atom stereocenters. The maximum absolute atomic E-state index is 10.3. The van der Waals surface area contributed by atoms with Crippen molar-refractivity contribution in [1.29, 1.82) is 0 Å². The zero-order valence-corrected chi connectivity index (χ0v) is 22.9. The van der Waals surface area contributed by atoms with E-state index >= 15 is 0 Å². The molecule has 0 atom stereocenters. The Balaban J connectivity index is 0.954. The lowest BCUT2D eigenvalue weighted by Gasteiger charge is -2.38. The van der Waals surface area contributed by atoms with Crippen molar-refractivity contribution in [2.24, 2.45) is 0 Å². The fraction of sp³-hybridized carbons (Fsp3) is 0.483. The molecule has 214 valence electrons. The minimum absolute atomic E-state index is 0.147. The molecule has 4 N–H and O–H groups in total. The maximum Gasteiger partial charge on any atom is 0.225 e. The fourth-order valence-corrected chi connectivity index (χ4v) is 6.02. The van der Waals surface area contributed by atoms with E-state index in [-0.39, 0.29) is 17.9 Å². The lowest BCUT2D eigenvalue weighted by molar-refractivity contribution is -0.103. The van der Waals surface area contributed by atoms with E-state index in [1.54, 1.807) is 24.5 Å². The molecule has 4 aromatic rings. The Morgan fingerprint density at radius 2 is 1.68 bits per heavy atom. The van der Waals surface area contributed by atoms with Crippen LogP contribution < -0.4 is 20.7 Å². The molecule has 3 aromatic heterocycles. The van der Waals surface area contributed by atoms with E-state index < -0.39 is 0 Å². The topological polar surface area (TPSA) is 149 Å². The van der Waals surface area contributed by atoms with Crippen LogP contribution in [-0.2, 0) is 4.74 Å². The number of rotatable bonds is 7. The first-order valence-corrected chi connectivity index (χ1v) is 14.5. The summed E-state index contributed by atoms with van der Waals surface area (Å²) < 4.78 is 14.3. The molecule has 0 bridgehead atoms. The number of hydrogen-bond donors (Lipinski definition) is 3. The highest BCUT2D eigenvalue weighted by Gasteiger charge is 2.34. The van der Waals surface area contributed by atoms with Crippen molar-refractivity contribution in [3.8, 4) is 22.8 Å². The first kappa shape index (κ1) is 25.9. The Labute approximate surface area is 237 Å². The van der Waals surface area contributed by atoms with Gasteiger partial charge in [0.15, 0.2) is 17.1 Å². The van der Waals surface area contributed by atoms with Gasteiger partial charge in [0, 0.05) is 31.5 Å². The van der Waals surface area contributed by atoms with Gasteiger partial charge in [-0.3, -0.25) is 4.68 Å². The van der Waals surface area contributed by atoms with Gasteiger partial charge in [0.1, 0.15) is 11.9 Å². The molecule has 2 saturated heterocycles. The average Bonchev–Trinajstić information content (AvgIpc) is 3.33. The number of benzene rings is 1. The van der Waals surface area contributed by atoms with E-state index in [0.29, 0.717) is 46.5 Å². The van der Waals surface area contributed by atoms with E-state index in [2.05, 4.69) is 35.5 Å². The van der Waals surface area contributed by atoms with Gasteiger partial charge in [0.05, 0.1) is 41.9 Å². The highest BCUT2D eigenvalue weighted by atomic mass is 16.5. The summed E-state index contributed by atoms with van der Waals surface area (Å²) in [5, 5.41) is 26.9. The monoisotopic (exact) mass is 557 g/mol. The van der Waals surface area contributed by atoms with Gasteiger partial charge in [0.2, 0.25) is 5.95 Å². The summed E-state index contributed by atoms with van der Waals surface area (Å²) in [5.41, 5.74) is 8.78. The first-order valence-electron chi connectivity index (χ1n) is 14.5. The van der Waals surface area contributed by atoms with Crippen LogP contribution >= 0.6 is 0 Å². The molecular weight excluding hydrogens is 522 g/mol. The van der Waals surface area contributed by atoms with Crippen molar-refractivity contribution in [2.45, 2.75) is 62.9 Å². The molecule has 41 heavy (non-hydrogen) atoms. The first-order chi connectivity index (χ1) is 20.1. The van der Waals surface area contributed by atoms with Crippen molar-refractivity contribution in [2.75, 3.05) is 36.8 Å². The number of phenolic OH excluding ortho intramolecular Hbond substituents is 1. The van der Waals surface area contributed by atoms with Gasteiger partial charge in [-0.15, -0.1) is 10.2 Å². The molecule has 3 aliphatic rings. The Morgan fingerprint density at radius 1 is 0.927 bits per heavy atom. The molecular formula is C29H35N9O3. The highest BCUT2D eigenvalue weighted by molar-refractivity contribution is 5.87. The van der Waals surface area contributed by atoms with Crippen LogP contribution in [0.1, 0.15) is 44.6 Å². The van der Waals surface area contributed by atoms with Gasteiger partial charge in [-0.1, -0.05) is 12.1 Å². The number of nitrogens with two attached hydrogens (primary N) is 1. The van der Waals surface area contributed by atoms with Gasteiger partial charge in [-0.05, 0) is 57.0 Å². The summed E-state index contributed by atoms with van der Waals surface area (Å²) in [6, 6.07) is 9.14. The quantitative estimate of drug-likeness (QED) is 0.308. The number of aromatic nitrogens is 6. The van der Waals surface area contributed by atoms with Crippen LogP contribution in [0.25, 0.3) is 22.3 Å². The molecule has 12 nitrogen and oxygen atoms in total. The number of ether oxygens (including phenoxy) is 2. The van der Waals surface area contributed by atoms with Crippen molar-refractivity contribution < 1.29 is 14.6 Å². The van der Waals surface area contributed by atoms with E-state index in [1.807, 2.05) is 22.9 Å². The summed E-state index contributed by atoms with van der Waals surface area (Å²) in [6.45, 7) is 3.67. The SMILES string of the molecule is Nc1nn(C2CCN(c3ncc(OC4CC(OC5CCNCC5)C4)cn3)CC2)c2cc(-c3ccccc3O)nnc12. The summed E-state index contributed by atoms with van der Waals surface area (Å²) in [4.78, 5) is 11.4. The third-order valence-corrected chi connectivity index (χ3v) is 8.39. The number of nitrogens with one attached hydrogen (secondary N) is 1. The summed E-state index contributed by atoms with van der Waals surface area (Å²) in [6.07, 6.45) is 10.1. The van der Waals surface area contributed by atoms with Crippen LogP contribution in [0.15, 0.2) is 42.7 Å². The summed E-state index contributed by atoms with van der Waals surface area (Å²) >= 11 is 0. The molecule has 3 fully saturated rings. The molecule has 0 radical (unpaired) electrons. The van der Waals surface area contributed by atoms with Crippen LogP contribution in [0.5, 0.6) is 11.5 Å². The average molecular weight is 558 g/mol. The number of anilines is 2. The molecule has 12 heteroatoms. The van der Waals surface area contributed by atoms with Crippen LogP contribution in [0, 0.1) is 0 Å². The number of para-hydroxylation sites is 1. The van der Waals surface area contributed by atoms with Gasteiger partial charge < -0.3 is 30.5 Å². The highest BCUT2D eigenvalue weighted by Crippen LogP contribution is 2.34. The minimum atomic E-state index is 0.147. The second-order valence-electron chi connectivity index (χ2n) is 11.2. The number of nitrogens with zero attached hydrogens (tertiary/aromatic N) is 7. The molecule has 1 aliphatic carbocycles. The number of phenols is 1. The molecule has 5 heterocycles. The zero-order chi connectivity index (χ0) is 27.8. The number of aromatic hydroxyl groups is 1. The van der Waals surface area contributed by atoms with Gasteiger partial charge in [-0.2, -0.15) is 5.10 Å². The van der Waals surface area contributed by atoms with Gasteiger partial charge in [-0.25, -0.2) is 9.97 Å². The molecule has 0 amide bonds. The third kappa shape index (κ3) is 5.36. The molecule has 2 aliphatic heterocycles. The third-order valence-electron chi connectivity index (χ3n) is 8.39. The van der Waals surface area contributed by atoms with Crippen LogP contribution in [0.3, 0.4) is 0 Å². The van der Waals surface area contributed by atoms with Crippen molar-refractivity contribution >= 4 is 22.8 Å². The Hall–Kier alpha value is -4.03. The summed E-state index contributed by atoms with van der Waals surface area (Å²) in [5.74, 6) is 1.92. The molecule has 1 aromatic carbocycles. The van der Waals surface area contributed by atoms with Gasteiger partial charge >= 0.3 is 0 Å².